The number of benzene rings is 1. The van der Waals surface area contributed by atoms with Gasteiger partial charge in [-0.3, -0.25) is 0 Å². The van der Waals surface area contributed by atoms with Crippen molar-refractivity contribution in [2.75, 3.05) is 0 Å². The number of rotatable bonds is 13. The molecule has 0 saturated heterocycles. The lowest BCUT2D eigenvalue weighted by atomic mass is 9.78. The normalized spacial score (nSPS) is 12.3. The van der Waals surface area contributed by atoms with Gasteiger partial charge >= 0.3 is 7.12 Å². The van der Waals surface area contributed by atoms with Crippen LogP contribution < -0.4 is 5.46 Å². The molecule has 0 saturated carbocycles. The van der Waals surface area contributed by atoms with Gasteiger partial charge in [0.05, 0.1) is 0 Å². The summed E-state index contributed by atoms with van der Waals surface area (Å²) in [5, 5.41) is 18.5. The van der Waals surface area contributed by atoms with E-state index >= 15 is 0 Å². The van der Waals surface area contributed by atoms with Crippen molar-refractivity contribution < 1.29 is 10.0 Å². The molecule has 0 spiro atoms. The molecular formula is C20H35BO2. The van der Waals surface area contributed by atoms with Crippen LogP contribution in [0.4, 0.5) is 0 Å². The molecule has 0 bridgehead atoms. The van der Waals surface area contributed by atoms with E-state index in [1.54, 1.807) is 0 Å². The van der Waals surface area contributed by atoms with Crippen LogP contribution in [-0.2, 0) is 0 Å². The predicted octanol–water partition coefficient (Wildman–Crippen LogP) is 4.78. The van der Waals surface area contributed by atoms with Crippen LogP contribution >= 0.6 is 0 Å². The van der Waals surface area contributed by atoms with Crippen LogP contribution in [0.1, 0.15) is 96.0 Å². The van der Waals surface area contributed by atoms with Crippen molar-refractivity contribution in [3.8, 4) is 0 Å². The van der Waals surface area contributed by atoms with Gasteiger partial charge in [-0.25, -0.2) is 0 Å². The van der Waals surface area contributed by atoms with Crippen molar-refractivity contribution in [3.63, 3.8) is 0 Å². The van der Waals surface area contributed by atoms with Crippen LogP contribution in [0.2, 0.25) is 0 Å². The molecule has 1 atom stereocenters. The zero-order valence-electron chi connectivity index (χ0n) is 15.1. The Labute approximate surface area is 143 Å². The molecular weight excluding hydrogens is 283 g/mol. The maximum atomic E-state index is 9.23. The van der Waals surface area contributed by atoms with Crippen LogP contribution in [0.3, 0.4) is 0 Å². The van der Waals surface area contributed by atoms with Gasteiger partial charge in [-0.2, -0.15) is 0 Å². The Hall–Kier alpha value is -0.795. The standard InChI is InChI=1S/C20H35BO2/c1-3-5-7-8-9-11-13-18(12-10-6-4-2)19-14-16-20(17-15-19)21(22)23/h14-18,22-23H,3-13H2,1-2H3. The summed E-state index contributed by atoms with van der Waals surface area (Å²) in [6, 6.07) is 7.88. The largest absolute Gasteiger partial charge is 0.488 e. The van der Waals surface area contributed by atoms with Crippen molar-refractivity contribution in [1.82, 2.24) is 0 Å². The Morgan fingerprint density at radius 2 is 1.22 bits per heavy atom. The minimum absolute atomic E-state index is 0.584. The smallest absolute Gasteiger partial charge is 0.423 e. The maximum absolute atomic E-state index is 9.23. The molecule has 0 aliphatic carbocycles. The highest BCUT2D eigenvalue weighted by Crippen LogP contribution is 2.28. The maximum Gasteiger partial charge on any atom is 0.488 e. The van der Waals surface area contributed by atoms with Crippen LogP contribution in [0.15, 0.2) is 24.3 Å². The third-order valence-electron chi connectivity index (χ3n) is 4.77. The SMILES string of the molecule is CCCCCCCCC(CCCCC)c1ccc(B(O)O)cc1. The summed E-state index contributed by atoms with van der Waals surface area (Å²) in [6.07, 6.45) is 14.4. The topological polar surface area (TPSA) is 40.5 Å². The van der Waals surface area contributed by atoms with E-state index in [0.717, 1.165) is 0 Å². The molecule has 1 unspecified atom stereocenters. The van der Waals surface area contributed by atoms with Gasteiger partial charge in [0.2, 0.25) is 0 Å². The second kappa shape index (κ2) is 12.6. The first-order chi connectivity index (χ1) is 11.2. The summed E-state index contributed by atoms with van der Waals surface area (Å²) < 4.78 is 0. The average Bonchev–Trinajstić information content (AvgIpc) is 2.56. The second-order valence-corrected chi connectivity index (χ2v) is 6.79. The molecule has 0 aliphatic heterocycles. The van der Waals surface area contributed by atoms with E-state index in [1.165, 1.54) is 76.2 Å². The molecule has 0 fully saturated rings. The number of unbranched alkanes of at least 4 members (excludes halogenated alkanes) is 7. The predicted molar refractivity (Wildman–Crippen MR) is 101 cm³/mol. The van der Waals surface area contributed by atoms with Gasteiger partial charge in [-0.1, -0.05) is 95.9 Å². The molecule has 0 amide bonds. The number of hydrogen-bond acceptors (Lipinski definition) is 2. The Morgan fingerprint density at radius 3 is 1.78 bits per heavy atom. The van der Waals surface area contributed by atoms with E-state index in [0.29, 0.717) is 11.4 Å². The highest BCUT2D eigenvalue weighted by molar-refractivity contribution is 6.58. The van der Waals surface area contributed by atoms with E-state index in [4.69, 9.17) is 0 Å². The van der Waals surface area contributed by atoms with Crippen LogP contribution in [0.25, 0.3) is 0 Å². The lowest BCUT2D eigenvalue weighted by Gasteiger charge is -2.18. The van der Waals surface area contributed by atoms with E-state index in [2.05, 4.69) is 26.0 Å². The van der Waals surface area contributed by atoms with Crippen LogP contribution in [0.5, 0.6) is 0 Å². The van der Waals surface area contributed by atoms with Gasteiger partial charge in [0.15, 0.2) is 0 Å². The minimum atomic E-state index is -1.36. The molecule has 23 heavy (non-hydrogen) atoms. The van der Waals surface area contributed by atoms with Gasteiger partial charge in [-0.15, -0.1) is 0 Å². The highest BCUT2D eigenvalue weighted by Gasteiger charge is 2.14. The molecule has 0 heterocycles. The molecule has 3 heteroatoms. The average molecular weight is 318 g/mol. The Morgan fingerprint density at radius 1 is 0.739 bits per heavy atom. The Balaban J connectivity index is 2.50. The summed E-state index contributed by atoms with van der Waals surface area (Å²) in [6.45, 7) is 4.51. The van der Waals surface area contributed by atoms with Gasteiger partial charge < -0.3 is 10.0 Å². The summed E-state index contributed by atoms with van der Waals surface area (Å²) in [5.74, 6) is 0.623. The fraction of sp³-hybridized carbons (Fsp3) is 0.700. The van der Waals surface area contributed by atoms with Crippen LogP contribution in [-0.4, -0.2) is 17.2 Å². The van der Waals surface area contributed by atoms with E-state index in [9.17, 15) is 10.0 Å². The minimum Gasteiger partial charge on any atom is -0.423 e. The van der Waals surface area contributed by atoms with Crippen molar-refractivity contribution in [3.05, 3.63) is 29.8 Å². The van der Waals surface area contributed by atoms with Crippen molar-refractivity contribution >= 4 is 12.6 Å². The molecule has 0 aromatic heterocycles. The van der Waals surface area contributed by atoms with Gasteiger partial charge in [0, 0.05) is 0 Å². The first-order valence-corrected chi connectivity index (χ1v) is 9.65. The zero-order valence-corrected chi connectivity index (χ0v) is 15.1. The monoisotopic (exact) mass is 318 g/mol. The van der Waals surface area contributed by atoms with Crippen molar-refractivity contribution in [2.24, 2.45) is 0 Å². The Bertz CT molecular complexity index is 389. The molecule has 0 aliphatic rings. The van der Waals surface area contributed by atoms with Crippen molar-refractivity contribution in [2.45, 2.75) is 90.4 Å². The fourth-order valence-corrected chi connectivity index (χ4v) is 3.23. The van der Waals surface area contributed by atoms with Crippen molar-refractivity contribution in [1.29, 1.82) is 0 Å². The lowest BCUT2D eigenvalue weighted by molar-refractivity contribution is 0.425. The Kier molecular flexibility index (Phi) is 11.1. The summed E-state index contributed by atoms with van der Waals surface area (Å²) in [7, 11) is -1.36. The summed E-state index contributed by atoms with van der Waals surface area (Å²) in [5.41, 5.74) is 1.94. The first kappa shape index (κ1) is 20.2. The molecule has 1 aromatic carbocycles. The zero-order chi connectivity index (χ0) is 16.9. The van der Waals surface area contributed by atoms with Crippen LogP contribution in [0, 0.1) is 0 Å². The van der Waals surface area contributed by atoms with E-state index < -0.39 is 7.12 Å². The first-order valence-electron chi connectivity index (χ1n) is 9.65. The fourth-order valence-electron chi connectivity index (χ4n) is 3.23. The molecule has 1 aromatic rings. The molecule has 0 radical (unpaired) electrons. The number of hydrogen-bond donors (Lipinski definition) is 2. The van der Waals surface area contributed by atoms with E-state index in [1.807, 2.05) is 12.1 Å². The highest BCUT2D eigenvalue weighted by atomic mass is 16.4. The lowest BCUT2D eigenvalue weighted by Crippen LogP contribution is -2.29. The van der Waals surface area contributed by atoms with E-state index in [-0.39, 0.29) is 0 Å². The second-order valence-electron chi connectivity index (χ2n) is 6.79. The third-order valence-corrected chi connectivity index (χ3v) is 4.77. The van der Waals surface area contributed by atoms with Gasteiger partial charge in [0.1, 0.15) is 0 Å². The summed E-state index contributed by atoms with van der Waals surface area (Å²) >= 11 is 0. The molecule has 2 N–H and O–H groups in total. The summed E-state index contributed by atoms with van der Waals surface area (Å²) in [4.78, 5) is 0. The molecule has 1 rings (SSSR count). The van der Waals surface area contributed by atoms with Gasteiger partial charge in [-0.05, 0) is 29.8 Å². The molecule has 130 valence electrons. The van der Waals surface area contributed by atoms with Gasteiger partial charge in [0.25, 0.3) is 0 Å². The third kappa shape index (κ3) is 8.57. The quantitative estimate of drug-likeness (QED) is 0.406. The molecule has 2 nitrogen and oxygen atoms in total.